The second-order valence-corrected chi connectivity index (χ2v) is 0.610. The number of hydrogen-bond donors (Lipinski definition) is 6. The van der Waals surface area contributed by atoms with Gasteiger partial charge in [-0.3, -0.25) is 0 Å². The number of hydrogen-bond acceptors (Lipinski definition) is 6. The second-order valence-electron chi connectivity index (χ2n) is 0.610. The van der Waals surface area contributed by atoms with E-state index in [1.807, 2.05) is 0 Å². The normalized spacial score (nSPS) is 3.67. The van der Waals surface area contributed by atoms with Gasteiger partial charge in [0.2, 0.25) is 0 Å². The van der Waals surface area contributed by atoms with Crippen LogP contribution in [0.25, 0.3) is 6.15 Å². The SMILES string of the molecule is N.N.N.N.O=C(O)C(=O)O.[Co].[NH2-]. The van der Waals surface area contributed by atoms with E-state index in [4.69, 9.17) is 19.8 Å². The van der Waals surface area contributed by atoms with E-state index < -0.39 is 11.9 Å². The summed E-state index contributed by atoms with van der Waals surface area (Å²) in [6.07, 6.45) is 0. The van der Waals surface area contributed by atoms with Crippen molar-refractivity contribution < 1.29 is 36.6 Å². The van der Waals surface area contributed by atoms with Crippen LogP contribution in [0, 0.1) is 0 Å². The third-order valence-corrected chi connectivity index (χ3v) is 0.183. The first-order chi connectivity index (χ1) is 2.64. The molecule has 0 atom stereocenters. The van der Waals surface area contributed by atoms with Crippen molar-refractivity contribution in [2.24, 2.45) is 0 Å². The number of aliphatic carboxylic acids is 2. The molecule has 0 saturated heterocycles. The van der Waals surface area contributed by atoms with E-state index in [-0.39, 0.29) is 47.5 Å². The summed E-state index contributed by atoms with van der Waals surface area (Å²) in [7, 11) is 0. The Morgan fingerprint density at radius 1 is 0.750 bits per heavy atom. The van der Waals surface area contributed by atoms with E-state index in [0.29, 0.717) is 0 Å². The zero-order valence-electron chi connectivity index (χ0n) is 6.45. The van der Waals surface area contributed by atoms with Crippen molar-refractivity contribution in [3.8, 4) is 0 Å². The van der Waals surface area contributed by atoms with Gasteiger partial charge >= 0.3 is 11.9 Å². The molecule has 0 amide bonds. The standard InChI is InChI=1S/C2H2O4.Co.4H3N.H2N/c3-1(4)2(5)6;;;;;;/h(H,3,4)(H,5,6);;4*1H3;1H2/q;;;;;;-1. The van der Waals surface area contributed by atoms with Crippen LogP contribution in [-0.4, -0.2) is 22.2 Å². The molecular formula is C2H16CoN5O4-. The molecule has 0 spiro atoms. The average Bonchev–Trinajstić information content (AvgIpc) is 1.36. The Balaban J connectivity index is -0.00000000833. The molecule has 83 valence electrons. The zero-order valence-corrected chi connectivity index (χ0v) is 7.49. The molecule has 0 aromatic heterocycles. The Kier molecular flexibility index (Phi) is 174. The summed E-state index contributed by atoms with van der Waals surface area (Å²) in [6.45, 7) is 0. The summed E-state index contributed by atoms with van der Waals surface area (Å²) in [4.78, 5) is 18.2. The predicted octanol–water partition coefficient (Wildman–Crippen LogP) is 0.518. The van der Waals surface area contributed by atoms with Crippen molar-refractivity contribution in [2.45, 2.75) is 0 Å². The fourth-order valence-corrected chi connectivity index (χ4v) is 0. The second kappa shape index (κ2) is 31.8. The quantitative estimate of drug-likeness (QED) is 0.320. The number of nitrogens with two attached hydrogens (primary N) is 1. The Bertz CT molecular complexity index is 87.4. The van der Waals surface area contributed by atoms with E-state index >= 15 is 0 Å². The Morgan fingerprint density at radius 2 is 0.833 bits per heavy atom. The molecule has 0 heterocycles. The third kappa shape index (κ3) is 59.7. The number of carbonyl (C=O) groups is 2. The minimum Gasteiger partial charge on any atom is -0.693 e. The Morgan fingerprint density at radius 3 is 0.833 bits per heavy atom. The first-order valence-corrected chi connectivity index (χ1v) is 1.11. The maximum absolute atomic E-state index is 9.10. The van der Waals surface area contributed by atoms with Gasteiger partial charge in [-0.1, -0.05) is 0 Å². The van der Waals surface area contributed by atoms with E-state index in [0.717, 1.165) is 0 Å². The van der Waals surface area contributed by atoms with Crippen LogP contribution in [0.3, 0.4) is 0 Å². The van der Waals surface area contributed by atoms with Gasteiger partial charge in [0, 0.05) is 16.8 Å². The maximum Gasteiger partial charge on any atom is 0.414 e. The third-order valence-electron chi connectivity index (χ3n) is 0.183. The van der Waals surface area contributed by atoms with Crippen LogP contribution >= 0.6 is 0 Å². The Labute approximate surface area is 80.0 Å². The van der Waals surface area contributed by atoms with E-state index in [1.54, 1.807) is 0 Å². The topological polar surface area (TPSA) is 248 Å². The molecule has 9 nitrogen and oxygen atoms in total. The van der Waals surface area contributed by atoms with Gasteiger partial charge in [-0.15, -0.1) is 0 Å². The van der Waals surface area contributed by atoms with Gasteiger partial charge in [0.15, 0.2) is 0 Å². The van der Waals surface area contributed by atoms with Gasteiger partial charge in [0.05, 0.1) is 0 Å². The predicted molar refractivity (Wildman–Crippen MR) is 40.6 cm³/mol. The van der Waals surface area contributed by atoms with Crippen molar-refractivity contribution in [3.05, 3.63) is 6.15 Å². The zero-order chi connectivity index (χ0) is 5.15. The summed E-state index contributed by atoms with van der Waals surface area (Å²) in [5.41, 5.74) is 0. The van der Waals surface area contributed by atoms with Gasteiger partial charge in [0.25, 0.3) is 0 Å². The molecule has 0 aromatic carbocycles. The molecular weight excluding hydrogens is 217 g/mol. The molecule has 0 bridgehead atoms. The van der Waals surface area contributed by atoms with Gasteiger partial charge in [0.1, 0.15) is 0 Å². The molecule has 0 saturated carbocycles. The van der Waals surface area contributed by atoms with Crippen LogP contribution in [0.4, 0.5) is 0 Å². The maximum atomic E-state index is 9.10. The first kappa shape index (κ1) is 65.5. The molecule has 16 N–H and O–H groups in total. The van der Waals surface area contributed by atoms with Crippen molar-refractivity contribution in [1.82, 2.24) is 24.6 Å². The van der Waals surface area contributed by atoms with Crippen LogP contribution in [0.2, 0.25) is 0 Å². The molecule has 0 unspecified atom stereocenters. The number of carboxylic acid groups (broad SMARTS) is 2. The van der Waals surface area contributed by atoms with Crippen molar-refractivity contribution in [1.29, 1.82) is 0 Å². The smallest absolute Gasteiger partial charge is 0.414 e. The van der Waals surface area contributed by atoms with Crippen LogP contribution < -0.4 is 24.6 Å². The molecule has 0 aromatic rings. The number of rotatable bonds is 0. The molecule has 0 aliphatic rings. The molecule has 10 heteroatoms. The summed E-state index contributed by atoms with van der Waals surface area (Å²) in [6, 6.07) is 0. The average molecular weight is 233 g/mol. The van der Waals surface area contributed by atoms with Gasteiger partial charge in [-0.05, 0) is 0 Å². The molecule has 0 fully saturated rings. The van der Waals surface area contributed by atoms with Crippen molar-refractivity contribution in [2.75, 3.05) is 0 Å². The minimum atomic E-state index is -1.82. The van der Waals surface area contributed by atoms with Crippen LogP contribution in [0.15, 0.2) is 0 Å². The van der Waals surface area contributed by atoms with Crippen molar-refractivity contribution in [3.63, 3.8) is 0 Å². The summed E-state index contributed by atoms with van der Waals surface area (Å²) in [5.74, 6) is -3.65. The molecule has 0 rings (SSSR count). The van der Waals surface area contributed by atoms with Crippen LogP contribution in [-0.2, 0) is 26.4 Å². The molecule has 1 radical (unpaired) electrons. The summed E-state index contributed by atoms with van der Waals surface area (Å²) in [5, 5.41) is 14.8. The van der Waals surface area contributed by atoms with Gasteiger partial charge in [-0.2, -0.15) is 0 Å². The fourth-order valence-electron chi connectivity index (χ4n) is 0. The number of carboxylic acids is 2. The van der Waals surface area contributed by atoms with Crippen LogP contribution in [0.1, 0.15) is 0 Å². The van der Waals surface area contributed by atoms with Crippen LogP contribution in [0.5, 0.6) is 0 Å². The minimum absolute atomic E-state index is 0. The van der Waals surface area contributed by atoms with E-state index in [1.165, 1.54) is 0 Å². The van der Waals surface area contributed by atoms with E-state index in [2.05, 4.69) is 0 Å². The molecule has 0 aliphatic carbocycles. The van der Waals surface area contributed by atoms with E-state index in [9.17, 15) is 0 Å². The first-order valence-electron chi connectivity index (χ1n) is 1.11. The largest absolute Gasteiger partial charge is 0.693 e. The fraction of sp³-hybridized carbons (Fsp3) is 0. The van der Waals surface area contributed by atoms with Gasteiger partial charge in [-0.25, -0.2) is 9.59 Å². The van der Waals surface area contributed by atoms with Crippen molar-refractivity contribution >= 4 is 11.9 Å². The summed E-state index contributed by atoms with van der Waals surface area (Å²) >= 11 is 0. The monoisotopic (exact) mass is 233 g/mol. The summed E-state index contributed by atoms with van der Waals surface area (Å²) < 4.78 is 0. The Hall–Kier alpha value is -0.754. The molecule has 12 heavy (non-hydrogen) atoms. The van der Waals surface area contributed by atoms with Gasteiger partial charge < -0.3 is 41.0 Å². The molecule has 0 aliphatic heterocycles.